The Morgan fingerprint density at radius 2 is 1.65 bits per heavy atom. The second-order valence-corrected chi connectivity index (χ2v) is 7.16. The van der Waals surface area contributed by atoms with E-state index >= 15 is 0 Å². The van der Waals surface area contributed by atoms with Gasteiger partial charge in [-0.2, -0.15) is 0 Å². The second kappa shape index (κ2) is 7.81. The van der Waals surface area contributed by atoms with Crippen LogP contribution >= 0.6 is 22.6 Å². The average Bonchev–Trinajstić information content (AvgIpc) is 2.85. The number of rotatable bonds is 3. The fourth-order valence-corrected chi connectivity index (χ4v) is 3.46. The smallest absolute Gasteiger partial charge is 0.255 e. The molecule has 0 radical (unpaired) electrons. The summed E-state index contributed by atoms with van der Waals surface area (Å²) >= 11 is 2.22. The largest absolute Gasteiger partial charge is 0.372 e. The van der Waals surface area contributed by atoms with Crippen LogP contribution in [-0.4, -0.2) is 19.0 Å². The number of anilines is 2. The Labute approximate surface area is 151 Å². The van der Waals surface area contributed by atoms with Gasteiger partial charge in [0.05, 0.1) is 0 Å². The van der Waals surface area contributed by atoms with E-state index in [0.717, 1.165) is 22.3 Å². The van der Waals surface area contributed by atoms with Crippen LogP contribution in [0.15, 0.2) is 48.5 Å². The highest BCUT2D eigenvalue weighted by Crippen LogP contribution is 2.22. The topological polar surface area (TPSA) is 32.3 Å². The molecular weight excluding hydrogens is 399 g/mol. The minimum Gasteiger partial charge on any atom is -0.372 e. The van der Waals surface area contributed by atoms with Crippen molar-refractivity contribution >= 4 is 39.9 Å². The summed E-state index contributed by atoms with van der Waals surface area (Å²) in [6.45, 7) is 2.27. The van der Waals surface area contributed by atoms with Crippen LogP contribution in [-0.2, 0) is 0 Å². The van der Waals surface area contributed by atoms with Crippen molar-refractivity contribution in [1.29, 1.82) is 0 Å². The zero-order valence-electron chi connectivity index (χ0n) is 13.1. The Bertz CT molecular complexity index is 661. The third-order valence-electron chi connectivity index (χ3n) is 4.18. The minimum atomic E-state index is -0.0639. The van der Waals surface area contributed by atoms with Crippen LogP contribution in [0.2, 0.25) is 0 Å². The Hall–Kier alpha value is -1.56. The summed E-state index contributed by atoms with van der Waals surface area (Å²) in [4.78, 5) is 14.7. The standard InChI is InChI=1S/C19H21IN2O/c20-16-7-5-6-15(14-16)19(23)21-17-8-10-18(11-9-17)22-12-3-1-2-4-13-22/h5-11,14H,1-4,12-13H2,(H,21,23). The van der Waals surface area contributed by atoms with Crippen molar-refractivity contribution in [2.75, 3.05) is 23.3 Å². The molecule has 2 aromatic rings. The lowest BCUT2D eigenvalue weighted by molar-refractivity contribution is 0.102. The molecule has 1 aliphatic heterocycles. The Kier molecular flexibility index (Phi) is 5.54. The summed E-state index contributed by atoms with van der Waals surface area (Å²) in [5, 5.41) is 2.97. The zero-order chi connectivity index (χ0) is 16.1. The summed E-state index contributed by atoms with van der Waals surface area (Å²) in [6, 6.07) is 15.8. The minimum absolute atomic E-state index is 0.0639. The van der Waals surface area contributed by atoms with Crippen molar-refractivity contribution in [2.45, 2.75) is 25.7 Å². The van der Waals surface area contributed by atoms with Gasteiger partial charge in [0, 0.05) is 33.6 Å². The van der Waals surface area contributed by atoms with Gasteiger partial charge in [-0.3, -0.25) is 4.79 Å². The maximum Gasteiger partial charge on any atom is 0.255 e. The third kappa shape index (κ3) is 4.47. The van der Waals surface area contributed by atoms with Crippen LogP contribution in [0.5, 0.6) is 0 Å². The van der Waals surface area contributed by atoms with E-state index in [1.165, 1.54) is 31.4 Å². The number of hydrogen-bond acceptors (Lipinski definition) is 2. The SMILES string of the molecule is O=C(Nc1ccc(N2CCCCCC2)cc1)c1cccc(I)c1. The highest BCUT2D eigenvalue weighted by Gasteiger charge is 2.10. The van der Waals surface area contributed by atoms with E-state index in [9.17, 15) is 4.79 Å². The first-order valence-corrected chi connectivity index (χ1v) is 9.22. The third-order valence-corrected chi connectivity index (χ3v) is 4.85. The Morgan fingerprint density at radius 1 is 0.957 bits per heavy atom. The number of carbonyl (C=O) groups is 1. The van der Waals surface area contributed by atoms with E-state index < -0.39 is 0 Å². The Morgan fingerprint density at radius 3 is 2.30 bits per heavy atom. The first-order valence-electron chi connectivity index (χ1n) is 8.14. The summed E-state index contributed by atoms with van der Waals surface area (Å²) in [5.74, 6) is -0.0639. The van der Waals surface area contributed by atoms with E-state index in [0.29, 0.717) is 5.56 Å². The monoisotopic (exact) mass is 420 g/mol. The molecule has 120 valence electrons. The number of nitrogens with zero attached hydrogens (tertiary/aromatic N) is 1. The molecule has 0 aromatic heterocycles. The van der Waals surface area contributed by atoms with Gasteiger partial charge in [-0.05, 0) is 77.9 Å². The number of halogens is 1. The van der Waals surface area contributed by atoms with Crippen molar-refractivity contribution in [3.05, 3.63) is 57.7 Å². The van der Waals surface area contributed by atoms with Gasteiger partial charge >= 0.3 is 0 Å². The van der Waals surface area contributed by atoms with E-state index in [-0.39, 0.29) is 5.91 Å². The molecule has 0 saturated carbocycles. The molecular formula is C19H21IN2O. The maximum atomic E-state index is 12.3. The Balaban J connectivity index is 1.66. The van der Waals surface area contributed by atoms with Gasteiger partial charge in [-0.25, -0.2) is 0 Å². The molecule has 0 bridgehead atoms. The lowest BCUT2D eigenvalue weighted by Gasteiger charge is -2.22. The molecule has 1 aliphatic rings. The van der Waals surface area contributed by atoms with Gasteiger partial charge < -0.3 is 10.2 Å². The highest BCUT2D eigenvalue weighted by molar-refractivity contribution is 14.1. The zero-order valence-corrected chi connectivity index (χ0v) is 15.3. The molecule has 1 N–H and O–H groups in total. The van der Waals surface area contributed by atoms with Gasteiger partial charge in [0.15, 0.2) is 0 Å². The number of amides is 1. The molecule has 1 saturated heterocycles. The molecule has 1 heterocycles. The lowest BCUT2D eigenvalue weighted by Crippen LogP contribution is -2.23. The van der Waals surface area contributed by atoms with E-state index in [4.69, 9.17) is 0 Å². The van der Waals surface area contributed by atoms with Crippen LogP contribution in [0, 0.1) is 3.57 Å². The molecule has 2 aromatic carbocycles. The second-order valence-electron chi connectivity index (χ2n) is 5.91. The maximum absolute atomic E-state index is 12.3. The lowest BCUT2D eigenvalue weighted by atomic mass is 10.2. The van der Waals surface area contributed by atoms with Crippen LogP contribution in [0.1, 0.15) is 36.0 Å². The van der Waals surface area contributed by atoms with Gasteiger partial charge in [-0.15, -0.1) is 0 Å². The van der Waals surface area contributed by atoms with E-state index in [1.54, 1.807) is 0 Å². The molecule has 3 nitrogen and oxygen atoms in total. The van der Waals surface area contributed by atoms with Gasteiger partial charge in [-0.1, -0.05) is 18.9 Å². The molecule has 0 spiro atoms. The summed E-state index contributed by atoms with van der Waals surface area (Å²) in [6.07, 6.45) is 5.21. The summed E-state index contributed by atoms with van der Waals surface area (Å²) in [7, 11) is 0. The quantitative estimate of drug-likeness (QED) is 0.715. The van der Waals surface area contributed by atoms with Crippen LogP contribution in [0.3, 0.4) is 0 Å². The predicted octanol–water partition coefficient (Wildman–Crippen LogP) is 4.92. The number of carbonyl (C=O) groups excluding carboxylic acids is 1. The number of benzene rings is 2. The fraction of sp³-hybridized carbons (Fsp3) is 0.316. The highest BCUT2D eigenvalue weighted by atomic mass is 127. The van der Waals surface area contributed by atoms with Gasteiger partial charge in [0.2, 0.25) is 0 Å². The van der Waals surface area contributed by atoms with Crippen LogP contribution < -0.4 is 10.2 Å². The molecule has 1 fully saturated rings. The molecule has 3 rings (SSSR count). The normalized spacial score (nSPS) is 15.1. The van der Waals surface area contributed by atoms with Gasteiger partial charge in [0.1, 0.15) is 0 Å². The molecule has 0 aliphatic carbocycles. The predicted molar refractivity (Wildman–Crippen MR) is 104 cm³/mol. The summed E-state index contributed by atoms with van der Waals surface area (Å²) < 4.78 is 1.06. The van der Waals surface area contributed by atoms with Gasteiger partial charge in [0.25, 0.3) is 5.91 Å². The first kappa shape index (κ1) is 16.3. The fourth-order valence-electron chi connectivity index (χ4n) is 2.92. The van der Waals surface area contributed by atoms with Crippen molar-refractivity contribution in [2.24, 2.45) is 0 Å². The van der Waals surface area contributed by atoms with Crippen molar-refractivity contribution in [1.82, 2.24) is 0 Å². The first-order chi connectivity index (χ1) is 11.2. The van der Waals surface area contributed by atoms with Crippen LogP contribution in [0.25, 0.3) is 0 Å². The van der Waals surface area contributed by atoms with E-state index in [2.05, 4.69) is 44.9 Å². The van der Waals surface area contributed by atoms with E-state index in [1.807, 2.05) is 36.4 Å². The van der Waals surface area contributed by atoms with Crippen molar-refractivity contribution in [3.8, 4) is 0 Å². The number of hydrogen-bond donors (Lipinski definition) is 1. The molecule has 0 atom stereocenters. The summed E-state index contributed by atoms with van der Waals surface area (Å²) in [5.41, 5.74) is 2.78. The molecule has 23 heavy (non-hydrogen) atoms. The molecule has 1 amide bonds. The average molecular weight is 420 g/mol. The number of nitrogens with one attached hydrogen (secondary N) is 1. The molecule has 4 heteroatoms. The van der Waals surface area contributed by atoms with Crippen molar-refractivity contribution < 1.29 is 4.79 Å². The molecule has 0 unspecified atom stereocenters. The van der Waals surface area contributed by atoms with Crippen LogP contribution in [0.4, 0.5) is 11.4 Å². The van der Waals surface area contributed by atoms with Crippen molar-refractivity contribution in [3.63, 3.8) is 0 Å².